The molecule has 0 aliphatic heterocycles. The van der Waals surface area contributed by atoms with Crippen LogP contribution in [0, 0.1) is 0 Å². The number of hydrogen-bond acceptors (Lipinski definition) is 3. The fraction of sp³-hybridized carbons (Fsp3) is 0.182. The van der Waals surface area contributed by atoms with Crippen LogP contribution in [0.4, 0.5) is 13.2 Å². The minimum absolute atomic E-state index is 0.0582. The summed E-state index contributed by atoms with van der Waals surface area (Å²) in [5, 5.41) is 12.0. The minimum Gasteiger partial charge on any atom is -0.480 e. The lowest BCUT2D eigenvalue weighted by molar-refractivity contribution is -0.143. The maximum Gasteiger partial charge on any atom is 0.435 e. The van der Waals surface area contributed by atoms with Gasteiger partial charge in [-0.05, 0) is 18.2 Å². The molecule has 100 valence electrons. The van der Waals surface area contributed by atoms with E-state index in [1.807, 2.05) is 0 Å². The highest BCUT2D eigenvalue weighted by Crippen LogP contribution is 2.31. The van der Waals surface area contributed by atoms with Crippen LogP contribution in [0.3, 0.4) is 0 Å². The maximum atomic E-state index is 12.6. The topological polar surface area (TPSA) is 68.0 Å². The second-order valence-electron chi connectivity index (χ2n) is 3.71. The van der Waals surface area contributed by atoms with Crippen molar-refractivity contribution in [2.75, 3.05) is 0 Å². The Kier molecular flexibility index (Phi) is 3.24. The lowest BCUT2D eigenvalue weighted by Gasteiger charge is -2.03. The van der Waals surface area contributed by atoms with E-state index in [2.05, 4.69) is 10.1 Å². The number of carboxylic acids is 1. The van der Waals surface area contributed by atoms with Gasteiger partial charge >= 0.3 is 12.1 Å². The molecular formula is C11H8F3N3O2. The Bertz CT molecular complexity index is 593. The molecule has 2 heterocycles. The van der Waals surface area contributed by atoms with E-state index in [1.165, 1.54) is 18.5 Å². The normalized spacial score (nSPS) is 11.5. The van der Waals surface area contributed by atoms with Crippen LogP contribution in [-0.4, -0.2) is 25.8 Å². The molecule has 0 radical (unpaired) electrons. The third-order valence-electron chi connectivity index (χ3n) is 2.31. The van der Waals surface area contributed by atoms with E-state index in [-0.39, 0.29) is 5.69 Å². The molecule has 0 bridgehead atoms. The van der Waals surface area contributed by atoms with E-state index in [0.717, 1.165) is 10.7 Å². The molecule has 5 nitrogen and oxygen atoms in total. The molecule has 0 aliphatic rings. The minimum atomic E-state index is -4.62. The highest BCUT2D eigenvalue weighted by atomic mass is 19.4. The second kappa shape index (κ2) is 4.71. The molecule has 0 saturated carbocycles. The van der Waals surface area contributed by atoms with Crippen molar-refractivity contribution >= 4 is 5.97 Å². The van der Waals surface area contributed by atoms with Crippen molar-refractivity contribution in [3.05, 3.63) is 36.3 Å². The summed E-state index contributed by atoms with van der Waals surface area (Å²) in [4.78, 5) is 14.4. The average molecular weight is 271 g/mol. The van der Waals surface area contributed by atoms with Crippen molar-refractivity contribution in [2.45, 2.75) is 12.7 Å². The van der Waals surface area contributed by atoms with Gasteiger partial charge in [0.15, 0.2) is 5.69 Å². The number of aromatic nitrogens is 3. The second-order valence-corrected chi connectivity index (χ2v) is 3.71. The molecule has 8 heteroatoms. The van der Waals surface area contributed by atoms with Crippen molar-refractivity contribution in [3.8, 4) is 11.3 Å². The van der Waals surface area contributed by atoms with Gasteiger partial charge in [0.25, 0.3) is 0 Å². The number of pyridine rings is 1. The maximum absolute atomic E-state index is 12.6. The molecule has 0 saturated heterocycles. The highest BCUT2D eigenvalue weighted by molar-refractivity contribution is 5.68. The Labute approximate surface area is 105 Å². The van der Waals surface area contributed by atoms with Gasteiger partial charge in [-0.25, -0.2) is 0 Å². The molecule has 0 fully saturated rings. The Hall–Kier alpha value is -2.38. The number of halogens is 3. The first kappa shape index (κ1) is 13.1. The van der Waals surface area contributed by atoms with Crippen LogP contribution in [-0.2, 0) is 17.5 Å². The van der Waals surface area contributed by atoms with Crippen molar-refractivity contribution < 1.29 is 23.1 Å². The average Bonchev–Trinajstić information content (AvgIpc) is 2.73. The smallest absolute Gasteiger partial charge is 0.435 e. The number of hydrogen-bond donors (Lipinski definition) is 1. The lowest BCUT2D eigenvalue weighted by Crippen LogP contribution is -2.13. The van der Waals surface area contributed by atoms with Gasteiger partial charge in [0, 0.05) is 18.0 Å². The van der Waals surface area contributed by atoms with Gasteiger partial charge in [-0.15, -0.1) is 0 Å². The summed E-state index contributed by atoms with van der Waals surface area (Å²) in [6, 6.07) is 3.88. The summed E-state index contributed by atoms with van der Waals surface area (Å²) in [5.74, 6) is -1.28. The fourth-order valence-electron chi connectivity index (χ4n) is 1.55. The van der Waals surface area contributed by atoms with E-state index in [0.29, 0.717) is 5.56 Å². The van der Waals surface area contributed by atoms with Crippen molar-refractivity contribution in [1.82, 2.24) is 14.8 Å². The summed E-state index contributed by atoms with van der Waals surface area (Å²) in [6.07, 6.45) is -1.82. The zero-order valence-corrected chi connectivity index (χ0v) is 9.42. The number of carbonyl (C=O) groups is 1. The molecule has 2 aromatic rings. The molecule has 0 unspecified atom stereocenters. The first-order valence-corrected chi connectivity index (χ1v) is 5.15. The van der Waals surface area contributed by atoms with E-state index >= 15 is 0 Å². The monoisotopic (exact) mass is 271 g/mol. The molecule has 0 atom stereocenters. The molecular weight excluding hydrogens is 263 g/mol. The van der Waals surface area contributed by atoms with E-state index in [1.54, 1.807) is 6.07 Å². The molecule has 0 aliphatic carbocycles. The molecule has 0 amide bonds. The third-order valence-corrected chi connectivity index (χ3v) is 2.31. The van der Waals surface area contributed by atoms with Crippen LogP contribution in [0.5, 0.6) is 0 Å². The Balaban J connectivity index is 2.52. The zero-order chi connectivity index (χ0) is 14.0. The molecule has 2 rings (SSSR count). The molecule has 19 heavy (non-hydrogen) atoms. The lowest BCUT2D eigenvalue weighted by atomic mass is 10.2. The highest BCUT2D eigenvalue weighted by Gasteiger charge is 2.35. The van der Waals surface area contributed by atoms with Crippen LogP contribution >= 0.6 is 0 Å². The number of nitrogens with zero attached hydrogens (tertiary/aromatic N) is 3. The van der Waals surface area contributed by atoms with Crippen LogP contribution in [0.15, 0.2) is 30.6 Å². The fourth-order valence-corrected chi connectivity index (χ4v) is 1.55. The van der Waals surface area contributed by atoms with Crippen LogP contribution in [0.2, 0.25) is 0 Å². The first-order valence-electron chi connectivity index (χ1n) is 5.15. The van der Waals surface area contributed by atoms with Gasteiger partial charge < -0.3 is 5.11 Å². The van der Waals surface area contributed by atoms with Crippen LogP contribution in [0.1, 0.15) is 5.69 Å². The largest absolute Gasteiger partial charge is 0.480 e. The van der Waals surface area contributed by atoms with E-state index in [9.17, 15) is 18.0 Å². The first-order chi connectivity index (χ1) is 8.88. The van der Waals surface area contributed by atoms with E-state index < -0.39 is 24.4 Å². The van der Waals surface area contributed by atoms with Crippen LogP contribution < -0.4 is 0 Å². The van der Waals surface area contributed by atoms with Crippen molar-refractivity contribution in [1.29, 1.82) is 0 Å². The summed E-state index contributed by atoms with van der Waals surface area (Å²) in [7, 11) is 0. The number of rotatable bonds is 3. The van der Waals surface area contributed by atoms with Gasteiger partial charge in [-0.3, -0.25) is 14.5 Å². The third kappa shape index (κ3) is 2.90. The van der Waals surface area contributed by atoms with E-state index in [4.69, 9.17) is 5.11 Å². The van der Waals surface area contributed by atoms with Gasteiger partial charge in [0.05, 0.1) is 5.69 Å². The number of aliphatic carboxylic acids is 1. The Morgan fingerprint density at radius 1 is 1.42 bits per heavy atom. The Morgan fingerprint density at radius 2 is 2.16 bits per heavy atom. The number of carboxylic acid groups (broad SMARTS) is 1. The van der Waals surface area contributed by atoms with Crippen molar-refractivity contribution in [3.63, 3.8) is 0 Å². The molecule has 2 aromatic heterocycles. The standard InChI is InChI=1S/C11H8F3N3O2/c12-11(13,14)9-4-8(7-2-1-3-15-5-7)17(16-9)6-10(18)19/h1-5H,6H2,(H,18,19). The predicted molar refractivity (Wildman–Crippen MR) is 58.1 cm³/mol. The predicted octanol–water partition coefficient (Wildman–Crippen LogP) is 2.05. The summed E-state index contributed by atoms with van der Waals surface area (Å²) in [6.45, 7) is -0.652. The summed E-state index contributed by atoms with van der Waals surface area (Å²) >= 11 is 0. The summed E-state index contributed by atoms with van der Waals surface area (Å²) < 4.78 is 38.6. The van der Waals surface area contributed by atoms with Gasteiger partial charge in [-0.1, -0.05) is 0 Å². The quantitative estimate of drug-likeness (QED) is 0.927. The van der Waals surface area contributed by atoms with Crippen LogP contribution in [0.25, 0.3) is 11.3 Å². The molecule has 0 aromatic carbocycles. The Morgan fingerprint density at radius 3 is 2.68 bits per heavy atom. The zero-order valence-electron chi connectivity index (χ0n) is 9.42. The molecule has 0 spiro atoms. The SMILES string of the molecule is O=C(O)Cn1nc(C(F)(F)F)cc1-c1cccnc1. The van der Waals surface area contributed by atoms with Crippen molar-refractivity contribution in [2.24, 2.45) is 0 Å². The summed E-state index contributed by atoms with van der Waals surface area (Å²) in [5.41, 5.74) is -0.706. The van der Waals surface area contributed by atoms with Gasteiger partial charge in [0.1, 0.15) is 6.54 Å². The van der Waals surface area contributed by atoms with Gasteiger partial charge in [0.2, 0.25) is 0 Å². The number of alkyl halides is 3. The molecule has 1 N–H and O–H groups in total. The van der Waals surface area contributed by atoms with Gasteiger partial charge in [-0.2, -0.15) is 18.3 Å².